The highest BCUT2D eigenvalue weighted by atomic mass is 35.5. The molecule has 0 atom stereocenters. The summed E-state index contributed by atoms with van der Waals surface area (Å²) in [5.41, 5.74) is 0.125. The van der Waals surface area contributed by atoms with Gasteiger partial charge in [-0.1, -0.05) is 11.6 Å². The predicted molar refractivity (Wildman–Crippen MR) is 98.4 cm³/mol. The summed E-state index contributed by atoms with van der Waals surface area (Å²) < 4.78 is 7.94. The third kappa shape index (κ3) is 3.43. The molecule has 0 saturated carbocycles. The molecule has 0 saturated heterocycles. The van der Waals surface area contributed by atoms with Crippen molar-refractivity contribution in [3.05, 3.63) is 58.2 Å². The Hall–Kier alpha value is -2.80. The van der Waals surface area contributed by atoms with Crippen LogP contribution in [0.25, 0.3) is 17.3 Å². The fraction of sp³-hybridized carbons (Fsp3) is 0.278. The number of furan rings is 1. The largest absolute Gasteiger partial charge is 0.461 e. The average molecular weight is 375 g/mol. The molecule has 0 spiro atoms. The number of benzene rings is 1. The van der Waals surface area contributed by atoms with Crippen molar-refractivity contribution < 1.29 is 9.21 Å². The summed E-state index contributed by atoms with van der Waals surface area (Å²) in [7, 11) is 1.70. The smallest absolute Gasteiger partial charge is 0.351 e. The molecule has 2 heterocycles. The fourth-order valence-corrected chi connectivity index (χ4v) is 2.54. The second-order valence-corrected chi connectivity index (χ2v) is 6.59. The summed E-state index contributed by atoms with van der Waals surface area (Å²) in [5.74, 6) is 0.515. The van der Waals surface area contributed by atoms with Crippen LogP contribution >= 0.6 is 11.6 Å². The molecule has 0 fully saturated rings. The van der Waals surface area contributed by atoms with Crippen LogP contribution in [0.5, 0.6) is 0 Å². The van der Waals surface area contributed by atoms with E-state index in [1.54, 1.807) is 48.3 Å². The number of amides is 1. The van der Waals surface area contributed by atoms with Gasteiger partial charge in [0.1, 0.15) is 6.54 Å². The molecule has 1 aromatic carbocycles. The lowest BCUT2D eigenvalue weighted by Crippen LogP contribution is -2.38. The highest BCUT2D eigenvalue weighted by Crippen LogP contribution is 2.18. The number of likely N-dealkylation sites (N-methyl/N-ethyl adjacent to an activating group) is 1. The van der Waals surface area contributed by atoms with Gasteiger partial charge in [0.2, 0.25) is 11.7 Å². The van der Waals surface area contributed by atoms with E-state index in [1.807, 2.05) is 13.8 Å². The summed E-state index contributed by atoms with van der Waals surface area (Å²) in [6.45, 7) is 3.69. The lowest BCUT2D eigenvalue weighted by molar-refractivity contribution is -0.132. The van der Waals surface area contributed by atoms with Crippen molar-refractivity contribution >= 4 is 17.5 Å². The zero-order valence-corrected chi connectivity index (χ0v) is 15.5. The Morgan fingerprint density at radius 3 is 2.54 bits per heavy atom. The second-order valence-electron chi connectivity index (χ2n) is 6.16. The van der Waals surface area contributed by atoms with Crippen LogP contribution in [0, 0.1) is 0 Å². The Morgan fingerprint density at radius 2 is 1.96 bits per heavy atom. The van der Waals surface area contributed by atoms with Gasteiger partial charge in [0.25, 0.3) is 0 Å². The molecule has 0 bridgehead atoms. The van der Waals surface area contributed by atoms with E-state index >= 15 is 0 Å². The lowest BCUT2D eigenvalue weighted by atomic mass is 10.3. The fourth-order valence-electron chi connectivity index (χ4n) is 2.41. The van der Waals surface area contributed by atoms with Crippen LogP contribution < -0.4 is 5.69 Å². The van der Waals surface area contributed by atoms with Crippen LogP contribution in [-0.4, -0.2) is 38.2 Å². The Bertz CT molecular complexity index is 955. The maximum absolute atomic E-state index is 12.9. The molecule has 3 rings (SSSR count). The SMILES string of the molecule is CC(C)N(C)C(=O)Cn1c(-c2ccco2)nn(-c2ccc(Cl)cc2)c1=O. The van der Waals surface area contributed by atoms with E-state index in [2.05, 4.69) is 5.10 Å². The lowest BCUT2D eigenvalue weighted by Gasteiger charge is -2.21. The highest BCUT2D eigenvalue weighted by molar-refractivity contribution is 6.30. The highest BCUT2D eigenvalue weighted by Gasteiger charge is 2.22. The maximum Gasteiger partial charge on any atom is 0.351 e. The van der Waals surface area contributed by atoms with Gasteiger partial charge in [-0.05, 0) is 50.2 Å². The molecule has 8 heteroatoms. The summed E-state index contributed by atoms with van der Waals surface area (Å²) in [6.07, 6.45) is 1.49. The molecule has 0 radical (unpaired) electrons. The Labute approximate surface area is 155 Å². The number of halogens is 1. The van der Waals surface area contributed by atoms with Crippen molar-refractivity contribution in [2.45, 2.75) is 26.4 Å². The van der Waals surface area contributed by atoms with Crippen LogP contribution in [0.3, 0.4) is 0 Å². The molecule has 0 unspecified atom stereocenters. The van der Waals surface area contributed by atoms with Gasteiger partial charge in [-0.2, -0.15) is 4.68 Å². The van der Waals surface area contributed by atoms with E-state index in [0.717, 1.165) is 0 Å². The Kier molecular flexibility index (Phi) is 4.99. The first-order chi connectivity index (χ1) is 12.4. The zero-order valence-electron chi connectivity index (χ0n) is 14.7. The molecule has 0 N–H and O–H groups in total. The van der Waals surface area contributed by atoms with Crippen molar-refractivity contribution in [2.24, 2.45) is 0 Å². The number of carbonyl (C=O) groups excluding carboxylic acids is 1. The van der Waals surface area contributed by atoms with Crippen molar-refractivity contribution in [1.82, 2.24) is 19.2 Å². The van der Waals surface area contributed by atoms with Crippen molar-refractivity contribution in [3.8, 4) is 17.3 Å². The van der Waals surface area contributed by atoms with Gasteiger partial charge in [-0.15, -0.1) is 5.10 Å². The minimum atomic E-state index is -0.427. The molecule has 3 aromatic rings. The van der Waals surface area contributed by atoms with E-state index < -0.39 is 5.69 Å². The topological polar surface area (TPSA) is 73.3 Å². The molecule has 2 aromatic heterocycles. The van der Waals surface area contributed by atoms with Crippen LogP contribution in [0.2, 0.25) is 5.02 Å². The van der Waals surface area contributed by atoms with E-state index in [-0.39, 0.29) is 18.5 Å². The molecular weight excluding hydrogens is 356 g/mol. The monoisotopic (exact) mass is 374 g/mol. The quantitative estimate of drug-likeness (QED) is 0.688. The molecule has 0 aliphatic heterocycles. The minimum Gasteiger partial charge on any atom is -0.461 e. The molecule has 0 aliphatic rings. The number of hydrogen-bond donors (Lipinski definition) is 0. The van der Waals surface area contributed by atoms with E-state index in [4.69, 9.17) is 16.0 Å². The van der Waals surface area contributed by atoms with E-state index in [9.17, 15) is 9.59 Å². The van der Waals surface area contributed by atoms with Crippen LogP contribution in [-0.2, 0) is 11.3 Å². The summed E-state index contributed by atoms with van der Waals surface area (Å²) >= 11 is 5.91. The van der Waals surface area contributed by atoms with Crippen molar-refractivity contribution in [1.29, 1.82) is 0 Å². The Balaban J connectivity index is 2.08. The third-order valence-corrected chi connectivity index (χ3v) is 4.39. The summed E-state index contributed by atoms with van der Waals surface area (Å²) in [5, 5.41) is 4.93. The zero-order chi connectivity index (χ0) is 18.8. The minimum absolute atomic E-state index is 0.0246. The molecule has 0 aliphatic carbocycles. The molecule has 1 amide bonds. The van der Waals surface area contributed by atoms with Crippen molar-refractivity contribution in [3.63, 3.8) is 0 Å². The Morgan fingerprint density at radius 1 is 1.27 bits per heavy atom. The number of aromatic nitrogens is 3. The van der Waals surface area contributed by atoms with Crippen LogP contribution in [0.15, 0.2) is 51.9 Å². The average Bonchev–Trinajstić information content (AvgIpc) is 3.24. The number of nitrogens with zero attached hydrogens (tertiary/aromatic N) is 4. The first kappa shape index (κ1) is 18.0. The van der Waals surface area contributed by atoms with Gasteiger partial charge in [0, 0.05) is 18.1 Å². The second kappa shape index (κ2) is 7.21. The van der Waals surface area contributed by atoms with Gasteiger partial charge in [0.05, 0.1) is 12.0 Å². The van der Waals surface area contributed by atoms with Crippen LogP contribution in [0.1, 0.15) is 13.8 Å². The maximum atomic E-state index is 12.9. The molecule has 26 heavy (non-hydrogen) atoms. The predicted octanol–water partition coefficient (Wildman–Crippen LogP) is 2.81. The van der Waals surface area contributed by atoms with Crippen LogP contribution in [0.4, 0.5) is 0 Å². The van der Waals surface area contributed by atoms with Gasteiger partial charge in [-0.25, -0.2) is 4.79 Å². The molecule has 136 valence electrons. The first-order valence-corrected chi connectivity index (χ1v) is 8.51. The van der Waals surface area contributed by atoms with Gasteiger partial charge in [-0.3, -0.25) is 9.36 Å². The van der Waals surface area contributed by atoms with E-state index in [1.165, 1.54) is 15.5 Å². The molecular formula is C18H19ClN4O3. The normalized spacial score (nSPS) is 11.1. The standard InChI is InChI=1S/C18H19ClN4O3/c1-12(2)21(3)16(24)11-22-17(15-5-4-10-26-15)20-23(18(22)25)14-8-6-13(19)7-9-14/h4-10,12H,11H2,1-3H3. The summed E-state index contributed by atoms with van der Waals surface area (Å²) in [4.78, 5) is 27.0. The number of hydrogen-bond acceptors (Lipinski definition) is 4. The third-order valence-electron chi connectivity index (χ3n) is 4.14. The molecule has 7 nitrogen and oxygen atoms in total. The van der Waals surface area contributed by atoms with Gasteiger partial charge in [0.15, 0.2) is 5.76 Å². The van der Waals surface area contributed by atoms with Gasteiger partial charge < -0.3 is 9.32 Å². The summed E-state index contributed by atoms with van der Waals surface area (Å²) in [6, 6.07) is 10.1. The number of rotatable bonds is 5. The van der Waals surface area contributed by atoms with Gasteiger partial charge >= 0.3 is 5.69 Å². The van der Waals surface area contributed by atoms with E-state index in [0.29, 0.717) is 22.3 Å². The van der Waals surface area contributed by atoms with Crippen molar-refractivity contribution in [2.75, 3.05) is 7.05 Å². The number of carbonyl (C=O) groups is 1. The first-order valence-electron chi connectivity index (χ1n) is 8.14.